The molecule has 2 aliphatic carbocycles. The van der Waals surface area contributed by atoms with E-state index in [1.165, 1.54) is 49.9 Å². The average molecular weight is 711 g/mol. The van der Waals surface area contributed by atoms with Crippen molar-refractivity contribution in [3.63, 3.8) is 0 Å². The molecule has 0 aliphatic heterocycles. The van der Waals surface area contributed by atoms with E-state index in [-0.39, 0.29) is 24.3 Å². The molecule has 0 bridgehead atoms. The first-order chi connectivity index (χ1) is 23.9. The van der Waals surface area contributed by atoms with Gasteiger partial charge < -0.3 is 20.4 Å². The Morgan fingerprint density at radius 1 is 1.10 bits per heavy atom. The molecule has 7 heteroatoms. The van der Waals surface area contributed by atoms with Crippen LogP contribution in [0.5, 0.6) is 0 Å². The maximum Gasteiger partial charge on any atom is 0.224 e. The van der Waals surface area contributed by atoms with Gasteiger partial charge >= 0.3 is 0 Å². The van der Waals surface area contributed by atoms with Crippen LogP contribution in [0.2, 0.25) is 0 Å². The number of rotatable bonds is 22. The van der Waals surface area contributed by atoms with Gasteiger partial charge in [-0.1, -0.05) is 100 Å². The highest BCUT2D eigenvalue weighted by Crippen LogP contribution is 2.30. The van der Waals surface area contributed by atoms with Gasteiger partial charge in [-0.3, -0.25) is 9.59 Å². The second-order valence-electron chi connectivity index (χ2n) is 15.1. The lowest BCUT2D eigenvalue weighted by molar-refractivity contribution is -0.135. The molecule has 0 heterocycles. The van der Waals surface area contributed by atoms with Gasteiger partial charge in [0.15, 0.2) is 0 Å². The van der Waals surface area contributed by atoms with Gasteiger partial charge in [0.05, 0.1) is 5.92 Å². The summed E-state index contributed by atoms with van der Waals surface area (Å²) >= 11 is 2.08. The molecule has 0 aromatic carbocycles. The molecule has 1 fully saturated rings. The minimum Gasteiger partial charge on any atom is -0.352 e. The fourth-order valence-corrected chi connectivity index (χ4v) is 7.99. The third-order valence-corrected chi connectivity index (χ3v) is 11.4. The molecular formula is C43H74N4O2S. The molecule has 6 nitrogen and oxygen atoms in total. The van der Waals surface area contributed by atoms with Crippen LogP contribution in [0.25, 0.3) is 0 Å². The predicted molar refractivity (Wildman–Crippen MR) is 219 cm³/mol. The van der Waals surface area contributed by atoms with Crippen molar-refractivity contribution >= 4 is 23.6 Å². The molecule has 0 radical (unpaired) electrons. The second kappa shape index (κ2) is 27.4. The minimum absolute atomic E-state index is 0.00270. The molecule has 0 aromatic heterocycles. The van der Waals surface area contributed by atoms with Crippen molar-refractivity contribution in [1.82, 2.24) is 20.4 Å². The van der Waals surface area contributed by atoms with Crippen molar-refractivity contribution in [2.24, 2.45) is 17.8 Å². The average Bonchev–Trinajstić information content (AvgIpc) is 3.36. The van der Waals surface area contributed by atoms with Crippen LogP contribution in [0.4, 0.5) is 0 Å². The lowest BCUT2D eigenvalue weighted by Crippen LogP contribution is -2.47. The first kappa shape index (κ1) is 45.8. The van der Waals surface area contributed by atoms with Crippen molar-refractivity contribution in [2.45, 2.75) is 137 Å². The molecule has 2 unspecified atom stereocenters. The number of nitrogens with zero attached hydrogens (tertiary/aromatic N) is 2. The van der Waals surface area contributed by atoms with E-state index in [4.69, 9.17) is 0 Å². The van der Waals surface area contributed by atoms with Crippen LogP contribution in [0.1, 0.15) is 119 Å². The molecule has 2 rings (SSSR count). The maximum atomic E-state index is 13.9. The van der Waals surface area contributed by atoms with Gasteiger partial charge in [-0.25, -0.2) is 0 Å². The summed E-state index contributed by atoms with van der Waals surface area (Å²) in [7, 11) is 4.11. The van der Waals surface area contributed by atoms with E-state index >= 15 is 0 Å². The highest BCUT2D eigenvalue weighted by atomic mass is 32.2. The van der Waals surface area contributed by atoms with Gasteiger partial charge in [0.25, 0.3) is 0 Å². The van der Waals surface area contributed by atoms with Gasteiger partial charge in [-0.15, -0.1) is 12.3 Å². The summed E-state index contributed by atoms with van der Waals surface area (Å²) < 4.78 is 0. The lowest BCUT2D eigenvalue weighted by atomic mass is 9.85. The minimum atomic E-state index is -0.403. The standard InChI is InChI=1S/C40H70N4O2S.C3H4/c1-9-32(5)24-37(10-2)41-22-23-43(7)39(45)27-36(25-34-18-14-11-12-15-19-34)40(46)42-33(6)28-44(8)38(30-47-29-31(3)4)26-35-20-16-13-17-21-35;1-3-2/h9,11-12,14,18-19,31,33,35-38,41H,10,13,15-17,20-30H2,1-8H3,(H,42,46);1H,2H3/b32-9-;/t33?,36-,37?,38+;/m1./s1. The van der Waals surface area contributed by atoms with Crippen LogP contribution in [0.15, 0.2) is 47.6 Å². The Morgan fingerprint density at radius 3 is 2.44 bits per heavy atom. The van der Waals surface area contributed by atoms with Crippen LogP contribution >= 0.6 is 11.8 Å². The van der Waals surface area contributed by atoms with E-state index in [1.54, 1.807) is 11.8 Å². The Kier molecular flexibility index (Phi) is 25.1. The molecule has 284 valence electrons. The van der Waals surface area contributed by atoms with Crippen LogP contribution in [-0.4, -0.2) is 85.0 Å². The quantitative estimate of drug-likeness (QED) is 0.0869. The molecule has 0 aromatic rings. The van der Waals surface area contributed by atoms with Crippen LogP contribution in [0, 0.1) is 30.1 Å². The first-order valence-electron chi connectivity index (χ1n) is 19.5. The number of amides is 2. The van der Waals surface area contributed by atoms with Crippen molar-refractivity contribution < 1.29 is 9.59 Å². The predicted octanol–water partition coefficient (Wildman–Crippen LogP) is 8.81. The van der Waals surface area contributed by atoms with E-state index in [9.17, 15) is 9.59 Å². The van der Waals surface area contributed by atoms with Gasteiger partial charge in [0.1, 0.15) is 0 Å². The fraction of sp³-hybridized carbons (Fsp3) is 0.721. The zero-order chi connectivity index (χ0) is 37.3. The summed E-state index contributed by atoms with van der Waals surface area (Å²) in [6.07, 6.45) is 29.0. The number of allylic oxidation sites excluding steroid dienone is 7. The number of hydrogen-bond donors (Lipinski definition) is 2. The molecule has 2 N–H and O–H groups in total. The Bertz CT molecular complexity index is 1110. The summed E-state index contributed by atoms with van der Waals surface area (Å²) in [6.45, 7) is 17.0. The fourth-order valence-electron chi connectivity index (χ4n) is 6.72. The molecule has 50 heavy (non-hydrogen) atoms. The molecular weight excluding hydrogens is 637 g/mol. The molecule has 2 aliphatic rings. The summed E-state index contributed by atoms with van der Waals surface area (Å²) in [5.41, 5.74) is 2.50. The third kappa shape index (κ3) is 20.5. The van der Waals surface area contributed by atoms with Gasteiger partial charge in [0.2, 0.25) is 11.8 Å². The van der Waals surface area contributed by atoms with Gasteiger partial charge in [-0.05, 0) is 84.4 Å². The van der Waals surface area contributed by atoms with Crippen LogP contribution in [0.3, 0.4) is 0 Å². The largest absolute Gasteiger partial charge is 0.352 e. The zero-order valence-electron chi connectivity index (χ0n) is 33.4. The summed E-state index contributed by atoms with van der Waals surface area (Å²) in [5, 5.41) is 6.96. The molecule has 2 amide bonds. The van der Waals surface area contributed by atoms with Crippen molar-refractivity contribution in [3.8, 4) is 12.3 Å². The number of nitrogens with one attached hydrogen (secondary N) is 2. The number of carbonyl (C=O) groups excluding carboxylic acids is 2. The zero-order valence-corrected chi connectivity index (χ0v) is 34.3. The SMILES string of the molecule is C#CC.C/C=C(/C)CC(CC)NCCN(C)C(=O)C[C@@H](CC1=CCC=CC=C1)C(=O)NC(C)CN(C)[C@H](CSCC(C)C)CC1CCCCC1. The highest BCUT2D eigenvalue weighted by molar-refractivity contribution is 7.99. The summed E-state index contributed by atoms with van der Waals surface area (Å²) in [5.74, 6) is 5.72. The smallest absolute Gasteiger partial charge is 0.224 e. The van der Waals surface area contributed by atoms with Gasteiger partial charge in [0, 0.05) is 57.0 Å². The monoisotopic (exact) mass is 711 g/mol. The molecule has 1 saturated carbocycles. The van der Waals surface area contributed by atoms with E-state index in [2.05, 4.69) is 113 Å². The van der Waals surface area contributed by atoms with E-state index in [0.29, 0.717) is 31.0 Å². The Labute approximate surface area is 312 Å². The van der Waals surface area contributed by atoms with E-state index < -0.39 is 5.92 Å². The highest BCUT2D eigenvalue weighted by Gasteiger charge is 2.28. The normalized spacial score (nSPS) is 17.6. The van der Waals surface area contributed by atoms with Crippen molar-refractivity contribution in [1.29, 1.82) is 0 Å². The second-order valence-corrected chi connectivity index (χ2v) is 16.2. The van der Waals surface area contributed by atoms with Crippen LogP contribution < -0.4 is 10.6 Å². The molecule has 4 atom stereocenters. The first-order valence-corrected chi connectivity index (χ1v) is 20.7. The maximum absolute atomic E-state index is 13.9. The topological polar surface area (TPSA) is 64.7 Å². The number of thioether (sulfide) groups is 1. The summed E-state index contributed by atoms with van der Waals surface area (Å²) in [6, 6.07) is 0.929. The van der Waals surface area contributed by atoms with E-state index in [1.807, 2.05) is 19.2 Å². The number of likely N-dealkylation sites (N-methyl/N-ethyl adjacent to an activating group) is 2. The van der Waals surface area contributed by atoms with Gasteiger partial charge in [-0.2, -0.15) is 11.8 Å². The van der Waals surface area contributed by atoms with E-state index in [0.717, 1.165) is 49.6 Å². The Morgan fingerprint density at radius 2 is 1.80 bits per heavy atom. The lowest BCUT2D eigenvalue weighted by Gasteiger charge is -2.34. The molecule has 0 spiro atoms. The Balaban J connectivity index is 0.00000401. The number of hydrogen-bond acceptors (Lipinski definition) is 5. The third-order valence-electron chi connectivity index (χ3n) is 9.87. The van der Waals surface area contributed by atoms with Crippen molar-refractivity contribution in [2.75, 3.05) is 45.2 Å². The van der Waals surface area contributed by atoms with Crippen molar-refractivity contribution in [3.05, 3.63) is 47.6 Å². The summed E-state index contributed by atoms with van der Waals surface area (Å²) in [4.78, 5) is 31.6. The number of terminal acetylenes is 1. The van der Waals surface area contributed by atoms with Crippen LogP contribution in [-0.2, 0) is 9.59 Å². The molecule has 0 saturated heterocycles. The Hall–Kier alpha value is -2.27. The number of carbonyl (C=O) groups is 2.